The molecule has 0 radical (unpaired) electrons. The molecule has 98 valence electrons. The number of hydrogen-bond donors (Lipinski definition) is 1. The zero-order valence-electron chi connectivity index (χ0n) is 11.4. The Kier molecular flexibility index (Phi) is 4.20. The molecule has 4 nitrogen and oxygen atoms in total. The lowest BCUT2D eigenvalue weighted by Gasteiger charge is -2.01. The summed E-state index contributed by atoms with van der Waals surface area (Å²) in [4.78, 5) is 0. The van der Waals surface area contributed by atoms with Crippen molar-refractivity contribution in [2.24, 2.45) is 0 Å². The number of aryl methyl sites for hydroxylation is 3. The largest absolute Gasteiger partial charge is 0.466 e. The van der Waals surface area contributed by atoms with Crippen LogP contribution in [0.2, 0.25) is 0 Å². The summed E-state index contributed by atoms with van der Waals surface area (Å²) in [5.74, 6) is 1.97. The number of nitrogens with zero attached hydrogens (tertiary/aromatic N) is 2. The van der Waals surface area contributed by atoms with E-state index in [1.54, 1.807) is 0 Å². The van der Waals surface area contributed by atoms with Crippen LogP contribution in [0.4, 0.5) is 0 Å². The maximum absolute atomic E-state index is 5.50. The van der Waals surface area contributed by atoms with E-state index in [0.717, 1.165) is 37.6 Å². The lowest BCUT2D eigenvalue weighted by atomic mass is 10.2. The minimum Gasteiger partial charge on any atom is -0.466 e. The standard InChI is InChI=1S/C14H21N3O/c1-4-5-17-10-13(8-16-17)7-15-9-14-6-11(2)18-12(14)3/h6,8,10,15H,4-5,7,9H2,1-3H3. The molecule has 0 atom stereocenters. The van der Waals surface area contributed by atoms with E-state index in [-0.39, 0.29) is 0 Å². The monoisotopic (exact) mass is 247 g/mol. The molecule has 0 amide bonds. The van der Waals surface area contributed by atoms with E-state index in [1.165, 1.54) is 11.1 Å². The summed E-state index contributed by atoms with van der Waals surface area (Å²) < 4.78 is 7.49. The summed E-state index contributed by atoms with van der Waals surface area (Å²) in [5.41, 5.74) is 2.45. The average Bonchev–Trinajstić information content (AvgIpc) is 2.87. The highest BCUT2D eigenvalue weighted by Crippen LogP contribution is 2.13. The van der Waals surface area contributed by atoms with Crippen molar-refractivity contribution in [3.63, 3.8) is 0 Å². The van der Waals surface area contributed by atoms with E-state index in [0.29, 0.717) is 0 Å². The first-order valence-corrected chi connectivity index (χ1v) is 6.47. The third-order valence-corrected chi connectivity index (χ3v) is 2.93. The zero-order chi connectivity index (χ0) is 13.0. The SMILES string of the molecule is CCCn1cc(CNCc2cc(C)oc2C)cn1. The predicted molar refractivity (Wildman–Crippen MR) is 71.2 cm³/mol. The van der Waals surface area contributed by atoms with Crippen LogP contribution in [0.15, 0.2) is 22.9 Å². The number of rotatable bonds is 6. The van der Waals surface area contributed by atoms with Gasteiger partial charge in [0.15, 0.2) is 0 Å². The van der Waals surface area contributed by atoms with E-state index in [2.05, 4.69) is 29.6 Å². The Labute approximate surface area is 108 Å². The smallest absolute Gasteiger partial charge is 0.105 e. The van der Waals surface area contributed by atoms with Gasteiger partial charge in [-0.25, -0.2) is 0 Å². The van der Waals surface area contributed by atoms with Crippen LogP contribution in [0.1, 0.15) is 36.0 Å². The van der Waals surface area contributed by atoms with Gasteiger partial charge in [0.1, 0.15) is 11.5 Å². The van der Waals surface area contributed by atoms with Crippen LogP contribution < -0.4 is 5.32 Å². The van der Waals surface area contributed by atoms with E-state index in [4.69, 9.17) is 4.42 Å². The molecular formula is C14H21N3O. The highest BCUT2D eigenvalue weighted by Gasteiger charge is 2.04. The molecule has 0 aliphatic heterocycles. The van der Waals surface area contributed by atoms with Crippen molar-refractivity contribution >= 4 is 0 Å². The van der Waals surface area contributed by atoms with Crippen molar-refractivity contribution in [2.75, 3.05) is 0 Å². The summed E-state index contributed by atoms with van der Waals surface area (Å²) in [7, 11) is 0. The van der Waals surface area contributed by atoms with Gasteiger partial charge in [0.25, 0.3) is 0 Å². The van der Waals surface area contributed by atoms with Crippen molar-refractivity contribution in [3.05, 3.63) is 41.1 Å². The van der Waals surface area contributed by atoms with E-state index in [1.807, 2.05) is 24.7 Å². The minimum atomic E-state index is 0.835. The summed E-state index contributed by atoms with van der Waals surface area (Å²) in [5, 5.41) is 7.73. The van der Waals surface area contributed by atoms with Gasteiger partial charge in [-0.2, -0.15) is 5.10 Å². The van der Waals surface area contributed by atoms with Gasteiger partial charge in [0.2, 0.25) is 0 Å². The summed E-state index contributed by atoms with van der Waals surface area (Å²) in [6, 6.07) is 2.09. The van der Waals surface area contributed by atoms with Gasteiger partial charge >= 0.3 is 0 Å². The average molecular weight is 247 g/mol. The third-order valence-electron chi connectivity index (χ3n) is 2.93. The Morgan fingerprint density at radius 1 is 1.33 bits per heavy atom. The van der Waals surface area contributed by atoms with Gasteiger partial charge in [-0.1, -0.05) is 6.92 Å². The van der Waals surface area contributed by atoms with Crippen LogP contribution >= 0.6 is 0 Å². The van der Waals surface area contributed by atoms with Crippen molar-refractivity contribution in [2.45, 2.75) is 46.8 Å². The van der Waals surface area contributed by atoms with Crippen LogP contribution in [0.5, 0.6) is 0 Å². The first kappa shape index (κ1) is 12.9. The zero-order valence-corrected chi connectivity index (χ0v) is 11.4. The van der Waals surface area contributed by atoms with Crippen molar-refractivity contribution in [3.8, 4) is 0 Å². The summed E-state index contributed by atoms with van der Waals surface area (Å²) in [6.45, 7) is 8.80. The maximum Gasteiger partial charge on any atom is 0.105 e. The van der Waals surface area contributed by atoms with E-state index in [9.17, 15) is 0 Å². The molecule has 0 unspecified atom stereocenters. The molecule has 0 aromatic carbocycles. The molecule has 0 aliphatic carbocycles. The molecule has 2 aromatic rings. The Bertz CT molecular complexity index is 499. The quantitative estimate of drug-likeness (QED) is 0.853. The number of furan rings is 1. The van der Waals surface area contributed by atoms with Crippen LogP contribution in [0, 0.1) is 13.8 Å². The molecule has 0 bridgehead atoms. The van der Waals surface area contributed by atoms with Gasteiger partial charge < -0.3 is 9.73 Å². The Morgan fingerprint density at radius 2 is 2.17 bits per heavy atom. The van der Waals surface area contributed by atoms with Crippen LogP contribution in [0.25, 0.3) is 0 Å². The lowest BCUT2D eigenvalue weighted by molar-refractivity contribution is 0.499. The molecule has 2 heterocycles. The minimum absolute atomic E-state index is 0.835. The van der Waals surface area contributed by atoms with Gasteiger partial charge in [0.05, 0.1) is 6.20 Å². The third kappa shape index (κ3) is 3.23. The molecule has 1 N–H and O–H groups in total. The molecule has 18 heavy (non-hydrogen) atoms. The second-order valence-corrected chi connectivity index (χ2v) is 4.65. The summed E-state index contributed by atoms with van der Waals surface area (Å²) >= 11 is 0. The molecule has 0 spiro atoms. The molecule has 0 saturated heterocycles. The molecule has 2 aromatic heterocycles. The lowest BCUT2D eigenvalue weighted by Crippen LogP contribution is -2.12. The highest BCUT2D eigenvalue weighted by molar-refractivity contribution is 5.19. The Hall–Kier alpha value is -1.55. The molecule has 0 fully saturated rings. The van der Waals surface area contributed by atoms with Crippen molar-refractivity contribution in [1.29, 1.82) is 0 Å². The highest BCUT2D eigenvalue weighted by atomic mass is 16.3. The van der Waals surface area contributed by atoms with Gasteiger partial charge in [-0.05, 0) is 26.3 Å². The second kappa shape index (κ2) is 5.87. The number of hydrogen-bond acceptors (Lipinski definition) is 3. The van der Waals surface area contributed by atoms with Gasteiger partial charge in [0, 0.05) is 37.0 Å². The topological polar surface area (TPSA) is 43.0 Å². The van der Waals surface area contributed by atoms with Crippen molar-refractivity contribution < 1.29 is 4.42 Å². The number of aromatic nitrogens is 2. The maximum atomic E-state index is 5.50. The number of nitrogens with one attached hydrogen (secondary N) is 1. The fourth-order valence-corrected chi connectivity index (χ4v) is 2.05. The normalized spacial score (nSPS) is 11.1. The van der Waals surface area contributed by atoms with E-state index < -0.39 is 0 Å². The fraction of sp³-hybridized carbons (Fsp3) is 0.500. The molecule has 4 heteroatoms. The molecular weight excluding hydrogens is 226 g/mol. The van der Waals surface area contributed by atoms with Gasteiger partial charge in [-0.3, -0.25) is 4.68 Å². The van der Waals surface area contributed by atoms with E-state index >= 15 is 0 Å². The van der Waals surface area contributed by atoms with Crippen molar-refractivity contribution in [1.82, 2.24) is 15.1 Å². The van der Waals surface area contributed by atoms with Gasteiger partial charge in [-0.15, -0.1) is 0 Å². The summed E-state index contributed by atoms with van der Waals surface area (Å²) in [6.07, 6.45) is 5.14. The molecule has 2 rings (SSSR count). The molecule has 0 aliphatic rings. The predicted octanol–water partition coefficient (Wildman–Crippen LogP) is 2.79. The fourth-order valence-electron chi connectivity index (χ4n) is 2.05. The molecule has 0 saturated carbocycles. The van der Waals surface area contributed by atoms with Crippen LogP contribution in [-0.4, -0.2) is 9.78 Å². The Morgan fingerprint density at radius 3 is 2.83 bits per heavy atom. The first-order valence-electron chi connectivity index (χ1n) is 6.47. The van der Waals surface area contributed by atoms with Crippen LogP contribution in [0.3, 0.4) is 0 Å². The first-order chi connectivity index (χ1) is 8.69. The Balaban J connectivity index is 1.82. The van der Waals surface area contributed by atoms with Crippen LogP contribution in [-0.2, 0) is 19.6 Å². The second-order valence-electron chi connectivity index (χ2n) is 4.65.